The van der Waals surface area contributed by atoms with Crippen LogP contribution >= 0.6 is 15.9 Å². The summed E-state index contributed by atoms with van der Waals surface area (Å²) >= 11 is 3.39. The second-order valence-electron chi connectivity index (χ2n) is 3.85. The van der Waals surface area contributed by atoms with Crippen LogP contribution in [0, 0.1) is 0 Å². The fourth-order valence-corrected chi connectivity index (χ4v) is 1.84. The molecule has 3 nitrogen and oxygen atoms in total. The molecule has 0 saturated carbocycles. The minimum atomic E-state index is 0.644. The molecule has 0 aliphatic heterocycles. The zero-order valence-electron chi connectivity index (χ0n) is 10.6. The summed E-state index contributed by atoms with van der Waals surface area (Å²) in [6.07, 6.45) is 1.76. The number of hydrogen-bond acceptors (Lipinski definition) is 3. The summed E-state index contributed by atoms with van der Waals surface area (Å²) in [5, 5.41) is 4.21. The Morgan fingerprint density at radius 1 is 1.16 bits per heavy atom. The largest absolute Gasteiger partial charge is 0.493 e. The molecular formula is C15H15BrN2O. The Morgan fingerprint density at radius 3 is 2.63 bits per heavy atom. The maximum atomic E-state index is 5.53. The SMILES string of the molecule is CCOc1ccccc1/C=N/Nc1ccc(Br)cc1. The third kappa shape index (κ3) is 4.10. The summed E-state index contributed by atoms with van der Waals surface area (Å²) in [6.45, 7) is 2.61. The summed E-state index contributed by atoms with van der Waals surface area (Å²) in [7, 11) is 0. The zero-order valence-corrected chi connectivity index (χ0v) is 12.2. The minimum Gasteiger partial charge on any atom is -0.493 e. The molecule has 0 radical (unpaired) electrons. The Labute approximate surface area is 121 Å². The van der Waals surface area contributed by atoms with Crippen LogP contribution in [0.1, 0.15) is 12.5 Å². The number of para-hydroxylation sites is 1. The first-order valence-corrected chi connectivity index (χ1v) is 6.85. The Morgan fingerprint density at radius 2 is 1.89 bits per heavy atom. The van der Waals surface area contributed by atoms with Gasteiger partial charge in [0.2, 0.25) is 0 Å². The summed E-state index contributed by atoms with van der Waals surface area (Å²) in [6, 6.07) is 15.7. The van der Waals surface area contributed by atoms with Gasteiger partial charge in [0.05, 0.1) is 18.5 Å². The highest BCUT2D eigenvalue weighted by atomic mass is 79.9. The van der Waals surface area contributed by atoms with Gasteiger partial charge < -0.3 is 4.74 Å². The lowest BCUT2D eigenvalue weighted by Crippen LogP contribution is -1.97. The van der Waals surface area contributed by atoms with Crippen LogP contribution in [0.3, 0.4) is 0 Å². The molecule has 2 aromatic rings. The molecule has 0 aromatic heterocycles. The third-order valence-corrected chi connectivity index (χ3v) is 2.99. The van der Waals surface area contributed by atoms with Crippen molar-refractivity contribution in [3.05, 3.63) is 58.6 Å². The second kappa shape index (κ2) is 6.95. The minimum absolute atomic E-state index is 0.644. The van der Waals surface area contributed by atoms with E-state index in [0.29, 0.717) is 6.61 Å². The van der Waals surface area contributed by atoms with Crippen LogP contribution in [-0.4, -0.2) is 12.8 Å². The van der Waals surface area contributed by atoms with Gasteiger partial charge in [-0.2, -0.15) is 5.10 Å². The van der Waals surface area contributed by atoms with Crippen molar-refractivity contribution in [3.8, 4) is 5.75 Å². The van der Waals surface area contributed by atoms with Crippen LogP contribution in [0.5, 0.6) is 5.75 Å². The van der Waals surface area contributed by atoms with E-state index in [1.165, 1.54) is 0 Å². The molecular weight excluding hydrogens is 304 g/mol. The monoisotopic (exact) mass is 318 g/mol. The van der Waals surface area contributed by atoms with Crippen molar-refractivity contribution in [2.75, 3.05) is 12.0 Å². The topological polar surface area (TPSA) is 33.6 Å². The van der Waals surface area contributed by atoms with E-state index in [1.54, 1.807) is 6.21 Å². The molecule has 0 fully saturated rings. The van der Waals surface area contributed by atoms with E-state index in [1.807, 2.05) is 55.5 Å². The Bertz CT molecular complexity index is 552. The first kappa shape index (κ1) is 13.6. The van der Waals surface area contributed by atoms with E-state index in [4.69, 9.17) is 4.74 Å². The first-order valence-electron chi connectivity index (χ1n) is 6.06. The van der Waals surface area contributed by atoms with Crippen molar-refractivity contribution in [3.63, 3.8) is 0 Å². The molecule has 0 spiro atoms. The number of hydrazone groups is 1. The van der Waals surface area contributed by atoms with Gasteiger partial charge in [-0.1, -0.05) is 28.1 Å². The third-order valence-electron chi connectivity index (χ3n) is 2.46. The normalized spacial score (nSPS) is 10.6. The molecule has 19 heavy (non-hydrogen) atoms. The number of benzene rings is 2. The van der Waals surface area contributed by atoms with Gasteiger partial charge in [0.15, 0.2) is 0 Å². The molecule has 2 aromatic carbocycles. The fourth-order valence-electron chi connectivity index (χ4n) is 1.57. The van der Waals surface area contributed by atoms with Crippen molar-refractivity contribution in [2.45, 2.75) is 6.92 Å². The van der Waals surface area contributed by atoms with Gasteiger partial charge in [-0.05, 0) is 43.3 Å². The number of nitrogens with one attached hydrogen (secondary N) is 1. The van der Waals surface area contributed by atoms with Crippen LogP contribution in [-0.2, 0) is 0 Å². The summed E-state index contributed by atoms with van der Waals surface area (Å²) in [5.41, 5.74) is 4.87. The van der Waals surface area contributed by atoms with Gasteiger partial charge in [-0.25, -0.2) is 0 Å². The van der Waals surface area contributed by atoms with Crippen molar-refractivity contribution in [1.29, 1.82) is 0 Å². The highest BCUT2D eigenvalue weighted by Gasteiger charge is 1.98. The lowest BCUT2D eigenvalue weighted by Gasteiger charge is -2.06. The van der Waals surface area contributed by atoms with Crippen LogP contribution in [0.15, 0.2) is 58.1 Å². The summed E-state index contributed by atoms with van der Waals surface area (Å²) in [5.74, 6) is 0.839. The Hall–Kier alpha value is -1.81. The smallest absolute Gasteiger partial charge is 0.128 e. The van der Waals surface area contributed by atoms with Gasteiger partial charge in [-0.3, -0.25) is 5.43 Å². The molecule has 98 valence electrons. The Kier molecular flexibility index (Phi) is 4.98. The second-order valence-corrected chi connectivity index (χ2v) is 4.76. The lowest BCUT2D eigenvalue weighted by atomic mass is 10.2. The van der Waals surface area contributed by atoms with Crippen LogP contribution in [0.25, 0.3) is 0 Å². The van der Waals surface area contributed by atoms with Crippen LogP contribution in [0.2, 0.25) is 0 Å². The quantitative estimate of drug-likeness (QED) is 0.659. The zero-order chi connectivity index (χ0) is 13.5. The van der Waals surface area contributed by atoms with E-state index in [0.717, 1.165) is 21.5 Å². The summed E-state index contributed by atoms with van der Waals surface area (Å²) in [4.78, 5) is 0. The first-order chi connectivity index (χ1) is 9.29. The van der Waals surface area contributed by atoms with Crippen molar-refractivity contribution in [1.82, 2.24) is 0 Å². The predicted octanol–water partition coefficient (Wildman–Crippen LogP) is 4.29. The average Bonchev–Trinajstić information content (AvgIpc) is 2.43. The fraction of sp³-hybridized carbons (Fsp3) is 0.133. The van der Waals surface area contributed by atoms with Crippen molar-refractivity contribution >= 4 is 27.8 Å². The number of nitrogens with zero attached hydrogens (tertiary/aromatic N) is 1. The van der Waals surface area contributed by atoms with E-state index in [-0.39, 0.29) is 0 Å². The standard InChI is InChI=1S/C15H15BrN2O/c1-2-19-15-6-4-3-5-12(15)11-17-18-14-9-7-13(16)8-10-14/h3-11,18H,2H2,1H3/b17-11+. The average molecular weight is 319 g/mol. The number of halogens is 1. The molecule has 0 amide bonds. The predicted molar refractivity (Wildman–Crippen MR) is 83.0 cm³/mol. The number of rotatable bonds is 5. The molecule has 4 heteroatoms. The van der Waals surface area contributed by atoms with E-state index in [2.05, 4.69) is 26.5 Å². The lowest BCUT2D eigenvalue weighted by molar-refractivity contribution is 0.340. The molecule has 0 unspecified atom stereocenters. The number of hydrogen-bond donors (Lipinski definition) is 1. The highest BCUT2D eigenvalue weighted by molar-refractivity contribution is 9.10. The maximum absolute atomic E-state index is 5.53. The summed E-state index contributed by atoms with van der Waals surface area (Å²) < 4.78 is 6.58. The van der Waals surface area contributed by atoms with Crippen LogP contribution < -0.4 is 10.2 Å². The van der Waals surface area contributed by atoms with Gasteiger partial charge in [0.1, 0.15) is 5.75 Å². The number of anilines is 1. The highest BCUT2D eigenvalue weighted by Crippen LogP contribution is 2.16. The van der Waals surface area contributed by atoms with Gasteiger partial charge >= 0.3 is 0 Å². The maximum Gasteiger partial charge on any atom is 0.128 e. The molecule has 0 bridgehead atoms. The molecule has 0 aliphatic carbocycles. The van der Waals surface area contributed by atoms with Gasteiger partial charge in [-0.15, -0.1) is 0 Å². The van der Waals surface area contributed by atoms with Crippen LogP contribution in [0.4, 0.5) is 5.69 Å². The molecule has 0 atom stereocenters. The van der Waals surface area contributed by atoms with E-state index < -0.39 is 0 Å². The molecule has 2 rings (SSSR count). The molecule has 0 saturated heterocycles. The van der Waals surface area contributed by atoms with Crippen molar-refractivity contribution in [2.24, 2.45) is 5.10 Å². The molecule has 1 N–H and O–H groups in total. The molecule has 0 aliphatic rings. The van der Waals surface area contributed by atoms with Gasteiger partial charge in [0, 0.05) is 10.0 Å². The molecule has 0 heterocycles. The number of ether oxygens (including phenoxy) is 1. The van der Waals surface area contributed by atoms with E-state index in [9.17, 15) is 0 Å². The van der Waals surface area contributed by atoms with E-state index >= 15 is 0 Å². The Balaban J connectivity index is 2.04. The van der Waals surface area contributed by atoms with Crippen molar-refractivity contribution < 1.29 is 4.74 Å². The van der Waals surface area contributed by atoms with Gasteiger partial charge in [0.25, 0.3) is 0 Å².